The average molecular weight is 458 g/mol. The first-order valence-corrected chi connectivity index (χ1v) is 14.4. The summed E-state index contributed by atoms with van der Waals surface area (Å²) in [5.74, 6) is 0. The van der Waals surface area contributed by atoms with E-state index in [1.165, 1.54) is 41.6 Å². The van der Waals surface area contributed by atoms with E-state index in [1.807, 2.05) is 0 Å². The van der Waals surface area contributed by atoms with Crippen LogP contribution in [-0.4, -0.2) is 5.66 Å². The van der Waals surface area contributed by atoms with E-state index in [0.717, 1.165) is 6.42 Å². The summed E-state index contributed by atoms with van der Waals surface area (Å²) in [6, 6.07) is 33.8. The topological polar surface area (TPSA) is 0 Å². The normalized spacial score (nSPS) is 13.7. The molecule has 0 saturated carbocycles. The minimum atomic E-state index is -1.78. The second-order valence-electron chi connectivity index (χ2n) is 10.6. The Kier molecular flexibility index (Phi) is 9.10. The summed E-state index contributed by atoms with van der Waals surface area (Å²) >= 11 is 0. The Hall–Kier alpha value is -2.17. The molecule has 1 heteroatoms. The first-order valence-electron chi connectivity index (χ1n) is 12.6. The molecule has 0 heterocycles. The SMILES string of the molecule is C/C(=C\CCC(C)[P+](c1ccccc1)(c1ccccc1)c1ccccc1)CCCC(C)(C)C. The summed E-state index contributed by atoms with van der Waals surface area (Å²) < 4.78 is 0. The number of hydrogen-bond acceptors (Lipinski definition) is 0. The molecule has 3 aromatic carbocycles. The van der Waals surface area contributed by atoms with E-state index in [0.29, 0.717) is 11.1 Å². The van der Waals surface area contributed by atoms with Gasteiger partial charge in [-0.05, 0) is 87.8 Å². The van der Waals surface area contributed by atoms with Gasteiger partial charge in [-0.2, -0.15) is 0 Å². The quantitative estimate of drug-likeness (QED) is 0.212. The van der Waals surface area contributed by atoms with Gasteiger partial charge in [-0.3, -0.25) is 0 Å². The molecule has 3 aromatic rings. The summed E-state index contributed by atoms with van der Waals surface area (Å²) in [5.41, 5.74) is 2.54. The van der Waals surface area contributed by atoms with E-state index < -0.39 is 7.26 Å². The Bertz CT molecular complexity index is 884. The van der Waals surface area contributed by atoms with Gasteiger partial charge in [0.25, 0.3) is 0 Å². The Morgan fingerprint density at radius 3 is 1.58 bits per heavy atom. The monoisotopic (exact) mass is 457 g/mol. The largest absolute Gasteiger partial charge is 0.114 e. The number of benzene rings is 3. The van der Waals surface area contributed by atoms with E-state index in [-0.39, 0.29) is 0 Å². The van der Waals surface area contributed by atoms with Gasteiger partial charge in [0, 0.05) is 0 Å². The van der Waals surface area contributed by atoms with Gasteiger partial charge in [0.15, 0.2) is 0 Å². The van der Waals surface area contributed by atoms with Crippen molar-refractivity contribution in [2.24, 2.45) is 5.41 Å². The Balaban J connectivity index is 1.91. The number of hydrogen-bond donors (Lipinski definition) is 0. The van der Waals surface area contributed by atoms with Crippen LogP contribution in [0.1, 0.15) is 66.7 Å². The molecule has 174 valence electrons. The second-order valence-corrected chi connectivity index (χ2v) is 14.5. The van der Waals surface area contributed by atoms with E-state index in [2.05, 4.69) is 132 Å². The lowest BCUT2D eigenvalue weighted by atomic mass is 9.89. The molecule has 3 rings (SSSR count). The van der Waals surface area contributed by atoms with E-state index in [1.54, 1.807) is 5.57 Å². The van der Waals surface area contributed by atoms with E-state index in [4.69, 9.17) is 0 Å². The summed E-state index contributed by atoms with van der Waals surface area (Å²) in [6.45, 7) is 11.8. The van der Waals surface area contributed by atoms with Crippen molar-refractivity contribution in [2.45, 2.75) is 72.4 Å². The lowest BCUT2D eigenvalue weighted by Crippen LogP contribution is -2.37. The zero-order valence-electron chi connectivity index (χ0n) is 21.3. The van der Waals surface area contributed by atoms with Gasteiger partial charge in [-0.25, -0.2) is 0 Å². The van der Waals surface area contributed by atoms with Crippen molar-refractivity contribution in [3.05, 3.63) is 103 Å². The van der Waals surface area contributed by atoms with Crippen LogP contribution in [0.3, 0.4) is 0 Å². The molecular weight excluding hydrogens is 415 g/mol. The minimum Gasteiger partial charge on any atom is -0.0855 e. The summed E-state index contributed by atoms with van der Waals surface area (Å²) in [7, 11) is -1.78. The highest BCUT2D eigenvalue weighted by Gasteiger charge is 2.49. The summed E-state index contributed by atoms with van der Waals surface area (Å²) in [4.78, 5) is 0. The van der Waals surface area contributed by atoms with Crippen molar-refractivity contribution >= 4 is 23.2 Å². The molecule has 0 amide bonds. The molecule has 0 nitrogen and oxygen atoms in total. The van der Waals surface area contributed by atoms with Gasteiger partial charge in [0.1, 0.15) is 23.2 Å². The molecule has 0 aliphatic heterocycles. The highest BCUT2D eigenvalue weighted by atomic mass is 31.2. The first-order chi connectivity index (χ1) is 15.8. The number of allylic oxidation sites excluding steroid dienone is 2. The van der Waals surface area contributed by atoms with Crippen LogP contribution < -0.4 is 15.9 Å². The molecule has 1 unspecified atom stereocenters. The van der Waals surface area contributed by atoms with Crippen LogP contribution in [-0.2, 0) is 0 Å². The van der Waals surface area contributed by atoms with Crippen LogP contribution in [0.4, 0.5) is 0 Å². The summed E-state index contributed by atoms with van der Waals surface area (Å²) in [5, 5.41) is 4.46. The van der Waals surface area contributed by atoms with Crippen LogP contribution in [0.15, 0.2) is 103 Å². The van der Waals surface area contributed by atoms with Gasteiger partial charge < -0.3 is 0 Å². The molecule has 0 aliphatic carbocycles. The smallest absolute Gasteiger partial charge is 0.0855 e. The maximum Gasteiger partial charge on any atom is 0.114 e. The Labute approximate surface area is 203 Å². The van der Waals surface area contributed by atoms with Crippen molar-refractivity contribution in [3.63, 3.8) is 0 Å². The first kappa shape index (κ1) is 25.5. The predicted octanol–water partition coefficient (Wildman–Crippen LogP) is 8.31. The highest BCUT2D eigenvalue weighted by Crippen LogP contribution is 2.60. The third kappa shape index (κ3) is 6.68. The van der Waals surface area contributed by atoms with Crippen LogP contribution in [0.25, 0.3) is 0 Å². The van der Waals surface area contributed by atoms with Gasteiger partial charge >= 0.3 is 0 Å². The van der Waals surface area contributed by atoms with Crippen LogP contribution >= 0.6 is 7.26 Å². The van der Waals surface area contributed by atoms with Crippen LogP contribution in [0, 0.1) is 5.41 Å². The van der Waals surface area contributed by atoms with E-state index in [9.17, 15) is 0 Å². The second kappa shape index (κ2) is 11.8. The minimum absolute atomic E-state index is 0.430. The van der Waals surface area contributed by atoms with Crippen molar-refractivity contribution in [3.8, 4) is 0 Å². The van der Waals surface area contributed by atoms with Crippen LogP contribution in [0.5, 0.6) is 0 Å². The maximum absolute atomic E-state index is 2.51. The van der Waals surface area contributed by atoms with E-state index >= 15 is 0 Å². The van der Waals surface area contributed by atoms with Crippen molar-refractivity contribution < 1.29 is 0 Å². The fourth-order valence-corrected chi connectivity index (χ4v) is 9.85. The Morgan fingerprint density at radius 2 is 1.18 bits per heavy atom. The third-order valence-electron chi connectivity index (χ3n) is 6.73. The lowest BCUT2D eigenvalue weighted by molar-refractivity contribution is 0.365. The highest BCUT2D eigenvalue weighted by molar-refractivity contribution is 7.96. The molecule has 0 spiro atoms. The zero-order chi connectivity index (χ0) is 23.7. The third-order valence-corrected chi connectivity index (χ3v) is 11.6. The fourth-order valence-electron chi connectivity index (χ4n) is 4.96. The van der Waals surface area contributed by atoms with Gasteiger partial charge in [-0.1, -0.05) is 87.0 Å². The maximum atomic E-state index is 2.51. The van der Waals surface area contributed by atoms with Crippen molar-refractivity contribution in [1.82, 2.24) is 0 Å². The fraction of sp³-hybridized carbons (Fsp3) is 0.375. The van der Waals surface area contributed by atoms with Gasteiger partial charge in [0.05, 0.1) is 5.66 Å². The average Bonchev–Trinajstić information content (AvgIpc) is 2.81. The zero-order valence-corrected chi connectivity index (χ0v) is 22.2. The molecule has 1 atom stereocenters. The number of rotatable bonds is 10. The molecular formula is C32H42P+. The van der Waals surface area contributed by atoms with Gasteiger partial charge in [-0.15, -0.1) is 0 Å². The molecule has 0 bridgehead atoms. The molecule has 0 fully saturated rings. The molecule has 0 N–H and O–H groups in total. The van der Waals surface area contributed by atoms with Crippen LogP contribution in [0.2, 0.25) is 0 Å². The van der Waals surface area contributed by atoms with Gasteiger partial charge in [0.2, 0.25) is 0 Å². The lowest BCUT2D eigenvalue weighted by Gasteiger charge is -2.33. The molecule has 0 radical (unpaired) electrons. The molecule has 0 aromatic heterocycles. The van der Waals surface area contributed by atoms with Crippen molar-refractivity contribution in [1.29, 1.82) is 0 Å². The Morgan fingerprint density at radius 1 is 0.758 bits per heavy atom. The standard InChI is InChI=1S/C32H42P/c1-27(18-16-26-32(3,4)5)17-15-19-28(2)33(29-20-9-6-10-21-29,30-22-11-7-12-23-30)31-24-13-8-14-25-31/h6-14,17,20-25,28H,15-16,18-19,26H2,1-5H3/q+1/b27-17+. The summed E-state index contributed by atoms with van der Waals surface area (Å²) in [6.07, 6.45) is 8.66. The molecule has 0 saturated heterocycles. The van der Waals surface area contributed by atoms with Crippen molar-refractivity contribution in [2.75, 3.05) is 0 Å². The molecule has 33 heavy (non-hydrogen) atoms. The molecule has 0 aliphatic rings. The predicted molar refractivity (Wildman–Crippen MR) is 151 cm³/mol.